The van der Waals surface area contributed by atoms with Gasteiger partial charge in [-0.25, -0.2) is 35.9 Å². The number of anilines is 1. The van der Waals surface area contributed by atoms with Crippen LogP contribution in [0.2, 0.25) is 5.02 Å². The van der Waals surface area contributed by atoms with Crippen molar-refractivity contribution < 1.29 is 39.6 Å². The Bertz CT molecular complexity index is 2690. The first-order valence-electron chi connectivity index (χ1n) is 17.4. The number of nitrogens with one attached hydrogen (secondary N) is 3. The van der Waals surface area contributed by atoms with E-state index in [1.807, 2.05) is 13.8 Å². The summed E-state index contributed by atoms with van der Waals surface area (Å²) < 4.78 is 117. The fraction of sp³-hybridized carbons (Fsp3) is 0.361. The molecular weight excluding hydrogens is 788 g/mol. The molecule has 1 saturated carbocycles. The lowest BCUT2D eigenvalue weighted by Crippen LogP contribution is -2.35. The number of aromatic amines is 1. The Labute approximate surface area is 319 Å². The molecule has 0 aliphatic heterocycles. The van der Waals surface area contributed by atoms with E-state index in [2.05, 4.69) is 30.2 Å². The van der Waals surface area contributed by atoms with E-state index in [4.69, 9.17) is 16.6 Å². The summed E-state index contributed by atoms with van der Waals surface area (Å²) in [6.45, 7) is 2.91. The maximum Gasteiger partial charge on any atom is 0.293 e. The van der Waals surface area contributed by atoms with E-state index in [1.165, 1.54) is 10.7 Å². The second-order valence-corrected chi connectivity index (χ2v) is 16.7. The summed E-state index contributed by atoms with van der Waals surface area (Å²) in [5, 5.41) is 11.2. The van der Waals surface area contributed by atoms with E-state index in [0.29, 0.717) is 38.7 Å². The molecule has 2 aliphatic rings. The van der Waals surface area contributed by atoms with Crippen LogP contribution in [-0.2, 0) is 40.8 Å². The van der Waals surface area contributed by atoms with Crippen molar-refractivity contribution in [2.24, 2.45) is 13.0 Å². The SMILES string of the molecule is CC(C)c1nc2nc([C@H](Cc3cc(F)cc(F)c3)NC(=O)Cn3nc(C(F)F)c4c3C(F)(F)[C@@H]3C[C@H]43)c(-c3ccc(Cl)c4c(NS(C)(=O)=O)nn(C)c34)cc2[nH]1. The number of hydrogen-bond acceptors (Lipinski definition) is 7. The number of hydrogen-bond donors (Lipinski definition) is 3. The third kappa shape index (κ3) is 6.53. The second-order valence-electron chi connectivity index (χ2n) is 14.5. The number of sulfonamides is 1. The summed E-state index contributed by atoms with van der Waals surface area (Å²) >= 11 is 6.62. The van der Waals surface area contributed by atoms with Gasteiger partial charge in [0.1, 0.15) is 35.4 Å². The predicted molar refractivity (Wildman–Crippen MR) is 194 cm³/mol. The van der Waals surface area contributed by atoms with Crippen LogP contribution in [0.4, 0.5) is 32.2 Å². The number of alkyl halides is 4. The highest BCUT2D eigenvalue weighted by molar-refractivity contribution is 7.92. The second kappa shape index (κ2) is 13.2. The molecule has 20 heteroatoms. The number of fused-ring (bicyclic) bond motifs is 5. The third-order valence-corrected chi connectivity index (χ3v) is 10.9. The van der Waals surface area contributed by atoms with E-state index in [9.17, 15) is 30.8 Å². The van der Waals surface area contributed by atoms with Crippen LogP contribution in [0.15, 0.2) is 36.4 Å². The number of aryl methyl sites for hydroxylation is 1. The molecule has 294 valence electrons. The van der Waals surface area contributed by atoms with Crippen LogP contribution in [0.3, 0.4) is 0 Å². The zero-order valence-corrected chi connectivity index (χ0v) is 31.5. The number of carbonyl (C=O) groups excluding carboxylic acids is 1. The number of benzene rings is 2. The zero-order chi connectivity index (χ0) is 40.2. The first-order valence-corrected chi connectivity index (χ1v) is 19.6. The number of nitrogens with zero attached hydrogens (tertiary/aromatic N) is 6. The van der Waals surface area contributed by atoms with Gasteiger partial charge < -0.3 is 10.3 Å². The largest absolute Gasteiger partial charge is 0.346 e. The predicted octanol–water partition coefficient (Wildman–Crippen LogP) is 7.38. The molecule has 56 heavy (non-hydrogen) atoms. The molecule has 2 aliphatic carbocycles. The Kier molecular flexibility index (Phi) is 8.90. The van der Waals surface area contributed by atoms with Crippen LogP contribution in [0.25, 0.3) is 33.2 Å². The summed E-state index contributed by atoms with van der Waals surface area (Å²) in [7, 11) is -2.26. The number of amides is 1. The summed E-state index contributed by atoms with van der Waals surface area (Å²) in [5.41, 5.74) is 0.124. The van der Waals surface area contributed by atoms with Gasteiger partial charge in [-0.2, -0.15) is 19.0 Å². The van der Waals surface area contributed by atoms with Crippen molar-refractivity contribution in [2.75, 3.05) is 11.0 Å². The van der Waals surface area contributed by atoms with Gasteiger partial charge in [-0.05, 0) is 48.6 Å². The molecular formula is C36H32ClF6N9O3S. The topological polar surface area (TPSA) is 152 Å². The minimum absolute atomic E-state index is 0.0347. The number of halogens is 7. The highest BCUT2D eigenvalue weighted by atomic mass is 35.5. The molecule has 0 spiro atoms. The van der Waals surface area contributed by atoms with Crippen molar-refractivity contribution >= 4 is 55.4 Å². The number of imidazole rings is 1. The summed E-state index contributed by atoms with van der Waals surface area (Å²) in [6.07, 6.45) is -2.47. The molecule has 0 radical (unpaired) electrons. The first kappa shape index (κ1) is 37.7. The fourth-order valence-electron chi connectivity index (χ4n) is 7.71. The molecule has 6 aromatic rings. The van der Waals surface area contributed by atoms with E-state index < -0.39 is 75.7 Å². The maximum absolute atomic E-state index is 15.4. The molecule has 3 N–H and O–H groups in total. The van der Waals surface area contributed by atoms with Crippen molar-refractivity contribution in [3.05, 3.63) is 87.1 Å². The minimum Gasteiger partial charge on any atom is -0.346 e. The molecule has 1 fully saturated rings. The zero-order valence-electron chi connectivity index (χ0n) is 29.9. The van der Waals surface area contributed by atoms with Crippen LogP contribution in [0.1, 0.15) is 78.6 Å². The summed E-state index contributed by atoms with van der Waals surface area (Å²) in [5.74, 6) is -7.76. The highest BCUT2D eigenvalue weighted by Crippen LogP contribution is 2.68. The van der Waals surface area contributed by atoms with Crippen LogP contribution < -0.4 is 10.0 Å². The lowest BCUT2D eigenvalue weighted by atomic mass is 9.94. The molecule has 3 atom stereocenters. The van der Waals surface area contributed by atoms with Crippen molar-refractivity contribution in [1.29, 1.82) is 0 Å². The number of rotatable bonds is 11. The van der Waals surface area contributed by atoms with Gasteiger partial charge >= 0.3 is 0 Å². The molecule has 0 saturated heterocycles. The van der Waals surface area contributed by atoms with Gasteiger partial charge in [0.2, 0.25) is 15.9 Å². The number of aromatic nitrogens is 7. The van der Waals surface area contributed by atoms with Crippen molar-refractivity contribution in [1.82, 2.24) is 39.8 Å². The van der Waals surface area contributed by atoms with Crippen LogP contribution in [0.5, 0.6) is 0 Å². The van der Waals surface area contributed by atoms with Crippen LogP contribution >= 0.6 is 11.6 Å². The Balaban J connectivity index is 1.30. The summed E-state index contributed by atoms with van der Waals surface area (Å²) in [6, 6.07) is 6.33. The Morgan fingerprint density at radius 3 is 2.43 bits per heavy atom. The highest BCUT2D eigenvalue weighted by Gasteiger charge is 2.67. The quantitative estimate of drug-likeness (QED) is 0.115. The van der Waals surface area contributed by atoms with Gasteiger partial charge in [-0.1, -0.05) is 31.5 Å². The monoisotopic (exact) mass is 819 g/mol. The Hall–Kier alpha value is -5.17. The third-order valence-electron chi connectivity index (χ3n) is 10.1. The van der Waals surface area contributed by atoms with Gasteiger partial charge in [0.05, 0.1) is 39.4 Å². The number of carbonyl (C=O) groups is 1. The summed E-state index contributed by atoms with van der Waals surface area (Å²) in [4.78, 5) is 26.6. The van der Waals surface area contributed by atoms with Gasteiger partial charge in [-0.3, -0.25) is 18.9 Å². The smallest absolute Gasteiger partial charge is 0.293 e. The lowest BCUT2D eigenvalue weighted by Gasteiger charge is -2.23. The molecule has 4 heterocycles. The fourth-order valence-corrected chi connectivity index (χ4v) is 8.44. The van der Waals surface area contributed by atoms with Crippen LogP contribution in [0, 0.1) is 17.6 Å². The standard InChI is InChI=1S/C36H32ClF6N9O3S/c1-14(2)33-45-24-12-19(18-5-6-22(37)27-30(18)51(3)49-35(27)50-56(4,54)55)28(46-34(24)47-33)23(9-15-7-16(38)10-17(39)8-15)44-25(53)13-52-31-26(29(48-52)32(40)41)20-11-21(20)36(31,42)43/h5-8,10,12,14,20-21,23,32H,9,11,13H2,1-4H3,(H,44,53)(H,49,50)(H,45,46,47)/t20-,21+,23-/m0/s1. The maximum atomic E-state index is 15.4. The van der Waals surface area contributed by atoms with Crippen LogP contribution in [-0.4, -0.2) is 55.1 Å². The molecule has 2 aromatic carbocycles. The first-order chi connectivity index (χ1) is 26.3. The number of pyridine rings is 1. The molecule has 1 amide bonds. The van der Waals surface area contributed by atoms with Gasteiger partial charge in [0.15, 0.2) is 11.5 Å². The normalized spacial score (nSPS) is 17.9. The van der Waals surface area contributed by atoms with Gasteiger partial charge in [-0.15, -0.1) is 0 Å². The molecule has 4 aromatic heterocycles. The van der Waals surface area contributed by atoms with Gasteiger partial charge in [0.25, 0.3) is 12.3 Å². The van der Waals surface area contributed by atoms with E-state index in [0.717, 1.165) is 18.4 Å². The van der Waals surface area contributed by atoms with E-state index in [1.54, 1.807) is 19.2 Å². The van der Waals surface area contributed by atoms with E-state index >= 15 is 8.78 Å². The van der Waals surface area contributed by atoms with E-state index in [-0.39, 0.29) is 57.5 Å². The van der Waals surface area contributed by atoms with Crippen molar-refractivity contribution in [3.8, 4) is 11.1 Å². The van der Waals surface area contributed by atoms with Gasteiger partial charge in [0, 0.05) is 41.6 Å². The minimum atomic E-state index is -3.82. The average molecular weight is 820 g/mol. The van der Waals surface area contributed by atoms with Crippen molar-refractivity contribution in [2.45, 2.75) is 63.5 Å². The molecule has 0 unspecified atom stereocenters. The Morgan fingerprint density at radius 2 is 1.77 bits per heavy atom. The molecule has 8 rings (SSSR count). The Morgan fingerprint density at radius 1 is 1.05 bits per heavy atom. The lowest BCUT2D eigenvalue weighted by molar-refractivity contribution is -0.123. The molecule has 12 nitrogen and oxygen atoms in total. The number of H-pyrrole nitrogens is 1. The average Bonchev–Trinajstić information content (AvgIpc) is 3.34. The van der Waals surface area contributed by atoms with Crippen molar-refractivity contribution in [3.63, 3.8) is 0 Å². The molecule has 0 bridgehead atoms.